The molecule has 2 aromatic heterocycles. The lowest BCUT2D eigenvalue weighted by molar-refractivity contribution is -0.120. The number of fused-ring (bicyclic) bond motifs is 1. The Hall–Kier alpha value is -2.02. The summed E-state index contributed by atoms with van der Waals surface area (Å²) in [4.78, 5) is 32.0. The number of carbonyl (C=O) groups excluding carboxylic acids is 2. The molecule has 3 heterocycles. The minimum atomic E-state index is -0.605. The normalized spacial score (nSPS) is 19.9. The first-order valence-corrected chi connectivity index (χ1v) is 5.36. The number of hydrogen-bond acceptors (Lipinski definition) is 5. The van der Waals surface area contributed by atoms with Crippen molar-refractivity contribution in [2.24, 2.45) is 0 Å². The van der Waals surface area contributed by atoms with E-state index in [0.29, 0.717) is 0 Å². The molecular formula is C9H6N4O2S. The maximum absolute atomic E-state index is 11.4. The van der Waals surface area contributed by atoms with E-state index in [2.05, 4.69) is 20.6 Å². The highest BCUT2D eigenvalue weighted by Gasteiger charge is 2.32. The van der Waals surface area contributed by atoms with E-state index < -0.39 is 12.1 Å². The van der Waals surface area contributed by atoms with Crippen molar-refractivity contribution in [2.45, 2.75) is 6.04 Å². The van der Waals surface area contributed by atoms with Gasteiger partial charge in [-0.1, -0.05) is 0 Å². The van der Waals surface area contributed by atoms with Gasteiger partial charge in [0.2, 0.25) is 0 Å². The van der Waals surface area contributed by atoms with Crippen molar-refractivity contribution in [3.05, 3.63) is 23.5 Å². The number of carbonyl (C=O) groups is 2. The largest absolute Gasteiger partial charge is 0.322 e. The molecule has 0 aliphatic carbocycles. The minimum Gasteiger partial charge on any atom is -0.321 e. The summed E-state index contributed by atoms with van der Waals surface area (Å²) in [5.41, 5.74) is 0. The van der Waals surface area contributed by atoms with Crippen molar-refractivity contribution < 1.29 is 9.59 Å². The maximum atomic E-state index is 11.4. The Labute approximate surface area is 93.7 Å². The molecule has 7 heteroatoms. The monoisotopic (exact) mass is 234 g/mol. The molecule has 0 radical (unpaired) electrons. The average Bonchev–Trinajstić information content (AvgIpc) is 2.81. The highest BCUT2D eigenvalue weighted by molar-refractivity contribution is 7.18. The molecule has 0 unspecified atom stereocenters. The molecule has 3 rings (SSSR count). The molecule has 1 saturated heterocycles. The predicted octanol–water partition coefficient (Wildman–Crippen LogP) is 0.572. The summed E-state index contributed by atoms with van der Waals surface area (Å²) in [5.74, 6) is -0.329. The predicted molar refractivity (Wildman–Crippen MR) is 56.8 cm³/mol. The van der Waals surface area contributed by atoms with E-state index in [-0.39, 0.29) is 5.91 Å². The lowest BCUT2D eigenvalue weighted by Gasteiger charge is -2.01. The maximum Gasteiger partial charge on any atom is 0.322 e. The summed E-state index contributed by atoms with van der Waals surface area (Å²) in [5, 5.41) is 5.61. The third-order valence-electron chi connectivity index (χ3n) is 2.27. The summed E-state index contributed by atoms with van der Waals surface area (Å²) in [6.45, 7) is 0. The van der Waals surface area contributed by atoms with Gasteiger partial charge >= 0.3 is 6.03 Å². The summed E-state index contributed by atoms with van der Waals surface area (Å²) >= 11 is 1.37. The Morgan fingerprint density at radius 1 is 1.38 bits per heavy atom. The van der Waals surface area contributed by atoms with Crippen LogP contribution in [0.1, 0.15) is 10.9 Å². The zero-order valence-corrected chi connectivity index (χ0v) is 8.75. The first-order chi connectivity index (χ1) is 7.74. The van der Waals surface area contributed by atoms with Gasteiger partial charge in [0.1, 0.15) is 17.2 Å². The number of aromatic nitrogens is 2. The molecule has 1 aliphatic heterocycles. The highest BCUT2D eigenvalue weighted by Crippen LogP contribution is 2.29. The zero-order valence-electron chi connectivity index (χ0n) is 7.93. The highest BCUT2D eigenvalue weighted by atomic mass is 32.1. The van der Waals surface area contributed by atoms with Crippen LogP contribution in [0.3, 0.4) is 0 Å². The van der Waals surface area contributed by atoms with Crippen molar-refractivity contribution in [3.63, 3.8) is 0 Å². The fourth-order valence-corrected chi connectivity index (χ4v) is 2.59. The van der Waals surface area contributed by atoms with E-state index >= 15 is 0 Å². The number of rotatable bonds is 1. The smallest absolute Gasteiger partial charge is 0.321 e. The Morgan fingerprint density at radius 2 is 2.25 bits per heavy atom. The number of urea groups is 1. The quantitative estimate of drug-likeness (QED) is 0.706. The van der Waals surface area contributed by atoms with Crippen molar-refractivity contribution in [3.8, 4) is 0 Å². The molecule has 2 N–H and O–H groups in total. The van der Waals surface area contributed by atoms with Crippen LogP contribution in [0.25, 0.3) is 10.2 Å². The van der Waals surface area contributed by atoms with Crippen LogP contribution in [0.5, 0.6) is 0 Å². The molecule has 0 bridgehead atoms. The standard InChI is InChI=1S/C9H6N4O2S/c14-7-6(12-9(15)13-7)5-1-4-2-10-3-11-8(4)16-5/h1-3,6H,(H2,12,13,14,15)/t6-/m0/s1. The molecule has 80 valence electrons. The number of nitrogens with one attached hydrogen (secondary N) is 2. The van der Waals surface area contributed by atoms with E-state index in [4.69, 9.17) is 0 Å². The molecule has 3 amide bonds. The summed E-state index contributed by atoms with van der Waals surface area (Å²) in [7, 11) is 0. The second-order valence-corrected chi connectivity index (χ2v) is 4.39. The molecule has 1 fully saturated rings. The summed E-state index contributed by atoms with van der Waals surface area (Å²) < 4.78 is 0. The molecule has 2 aromatic rings. The van der Waals surface area contributed by atoms with Crippen LogP contribution in [-0.4, -0.2) is 21.9 Å². The second kappa shape index (κ2) is 3.24. The Balaban J connectivity index is 2.06. The van der Waals surface area contributed by atoms with Crippen LogP contribution in [0.2, 0.25) is 0 Å². The van der Waals surface area contributed by atoms with E-state index in [1.165, 1.54) is 17.7 Å². The van der Waals surface area contributed by atoms with Crippen molar-refractivity contribution in [1.82, 2.24) is 20.6 Å². The molecule has 1 aliphatic rings. The second-order valence-electron chi connectivity index (χ2n) is 3.33. The van der Waals surface area contributed by atoms with Gasteiger partial charge in [0.25, 0.3) is 5.91 Å². The Morgan fingerprint density at radius 3 is 2.94 bits per heavy atom. The van der Waals surface area contributed by atoms with E-state index in [1.54, 1.807) is 6.20 Å². The van der Waals surface area contributed by atoms with Crippen molar-refractivity contribution >= 4 is 33.5 Å². The number of hydrogen-bond donors (Lipinski definition) is 2. The SMILES string of the molecule is O=C1NC(=O)[C@H](c2cc3cncnc3s2)N1. The number of thiophene rings is 1. The average molecular weight is 234 g/mol. The summed E-state index contributed by atoms with van der Waals surface area (Å²) in [6, 6.07) is 0.751. The molecule has 0 aromatic carbocycles. The van der Waals surface area contributed by atoms with E-state index in [9.17, 15) is 9.59 Å². The fourth-order valence-electron chi connectivity index (χ4n) is 1.57. The number of amides is 3. The molecule has 0 saturated carbocycles. The van der Waals surface area contributed by atoms with Gasteiger partial charge in [-0.2, -0.15) is 0 Å². The Bertz CT molecular complexity index is 561. The van der Waals surface area contributed by atoms with E-state index in [1.807, 2.05) is 6.07 Å². The zero-order chi connectivity index (χ0) is 11.1. The topological polar surface area (TPSA) is 84.0 Å². The van der Waals surface area contributed by atoms with Crippen LogP contribution in [-0.2, 0) is 4.79 Å². The molecule has 0 spiro atoms. The van der Waals surface area contributed by atoms with Gasteiger partial charge in [-0.25, -0.2) is 14.8 Å². The van der Waals surface area contributed by atoms with E-state index in [0.717, 1.165) is 15.1 Å². The fraction of sp³-hybridized carbons (Fsp3) is 0.111. The van der Waals surface area contributed by atoms with Crippen LogP contribution in [0.15, 0.2) is 18.6 Å². The Kier molecular flexibility index (Phi) is 1.87. The molecule has 16 heavy (non-hydrogen) atoms. The van der Waals surface area contributed by atoms with Gasteiger partial charge in [0.15, 0.2) is 0 Å². The summed E-state index contributed by atoms with van der Waals surface area (Å²) in [6.07, 6.45) is 3.13. The third-order valence-corrected chi connectivity index (χ3v) is 3.40. The van der Waals surface area contributed by atoms with Gasteiger partial charge < -0.3 is 5.32 Å². The molecule has 6 nitrogen and oxygen atoms in total. The van der Waals surface area contributed by atoms with Crippen molar-refractivity contribution in [1.29, 1.82) is 0 Å². The van der Waals surface area contributed by atoms with Crippen LogP contribution >= 0.6 is 11.3 Å². The van der Waals surface area contributed by atoms with Gasteiger partial charge in [0.05, 0.1) is 0 Å². The van der Waals surface area contributed by atoms with Gasteiger partial charge in [-0.05, 0) is 6.07 Å². The molecular weight excluding hydrogens is 228 g/mol. The first-order valence-electron chi connectivity index (χ1n) is 4.55. The lowest BCUT2D eigenvalue weighted by atomic mass is 10.2. The number of imide groups is 1. The number of nitrogens with zero attached hydrogens (tertiary/aromatic N) is 2. The van der Waals surface area contributed by atoms with Crippen LogP contribution in [0.4, 0.5) is 4.79 Å². The first kappa shape index (κ1) is 9.22. The van der Waals surface area contributed by atoms with Gasteiger partial charge in [-0.15, -0.1) is 11.3 Å². The van der Waals surface area contributed by atoms with Crippen molar-refractivity contribution in [2.75, 3.05) is 0 Å². The van der Waals surface area contributed by atoms with Gasteiger partial charge in [-0.3, -0.25) is 10.1 Å². The molecule has 1 atom stereocenters. The van der Waals surface area contributed by atoms with Gasteiger partial charge in [0, 0.05) is 16.5 Å². The third kappa shape index (κ3) is 1.33. The lowest BCUT2D eigenvalue weighted by Crippen LogP contribution is -2.22. The minimum absolute atomic E-state index is 0.329. The van der Waals surface area contributed by atoms with Crippen LogP contribution in [0, 0.1) is 0 Å². The van der Waals surface area contributed by atoms with Crippen LogP contribution < -0.4 is 10.6 Å².